The summed E-state index contributed by atoms with van der Waals surface area (Å²) in [5.41, 5.74) is 3.65. The number of aryl methyl sites for hydroxylation is 2. The number of nitrogens with one attached hydrogen (secondary N) is 1. The molecule has 3 aromatic carbocycles. The minimum atomic E-state index is -0.319. The van der Waals surface area contributed by atoms with Gasteiger partial charge in [-0.05, 0) is 56.2 Å². The van der Waals surface area contributed by atoms with Gasteiger partial charge in [-0.3, -0.25) is 9.59 Å². The smallest absolute Gasteiger partial charge is 0.262 e. The van der Waals surface area contributed by atoms with Gasteiger partial charge in [0.25, 0.3) is 11.8 Å². The highest BCUT2D eigenvalue weighted by atomic mass is 16.5. The molecular weight excluding hydrogens is 376 g/mol. The van der Waals surface area contributed by atoms with Gasteiger partial charge in [0.15, 0.2) is 6.61 Å². The number of anilines is 2. The molecule has 0 spiro atoms. The van der Waals surface area contributed by atoms with Gasteiger partial charge in [-0.25, -0.2) is 0 Å². The van der Waals surface area contributed by atoms with E-state index in [0.29, 0.717) is 23.5 Å². The monoisotopic (exact) mass is 402 g/mol. The van der Waals surface area contributed by atoms with Crippen LogP contribution in [0.3, 0.4) is 0 Å². The third kappa shape index (κ3) is 4.87. The molecule has 0 aliphatic rings. The number of ether oxygens (including phenoxy) is 1. The molecule has 0 bridgehead atoms. The number of para-hydroxylation sites is 3. The quantitative estimate of drug-likeness (QED) is 0.606. The Morgan fingerprint density at radius 1 is 0.867 bits per heavy atom. The molecule has 5 nitrogen and oxygen atoms in total. The molecule has 0 aliphatic heterocycles. The van der Waals surface area contributed by atoms with Gasteiger partial charge in [0.2, 0.25) is 0 Å². The largest absolute Gasteiger partial charge is 0.483 e. The van der Waals surface area contributed by atoms with Gasteiger partial charge in [-0.2, -0.15) is 0 Å². The van der Waals surface area contributed by atoms with Crippen molar-refractivity contribution in [2.75, 3.05) is 23.4 Å². The van der Waals surface area contributed by atoms with Crippen molar-refractivity contribution in [3.8, 4) is 5.75 Å². The van der Waals surface area contributed by atoms with Gasteiger partial charge in [-0.1, -0.05) is 48.5 Å². The van der Waals surface area contributed by atoms with Gasteiger partial charge in [-0.15, -0.1) is 0 Å². The van der Waals surface area contributed by atoms with E-state index in [9.17, 15) is 9.59 Å². The van der Waals surface area contributed by atoms with Gasteiger partial charge in [0.05, 0.1) is 11.3 Å². The van der Waals surface area contributed by atoms with Gasteiger partial charge < -0.3 is 15.0 Å². The predicted octanol–water partition coefficient (Wildman–Crippen LogP) is 4.99. The normalized spacial score (nSPS) is 10.4. The van der Waals surface area contributed by atoms with E-state index in [4.69, 9.17) is 4.74 Å². The van der Waals surface area contributed by atoms with E-state index < -0.39 is 0 Å². The third-order valence-electron chi connectivity index (χ3n) is 4.82. The molecule has 0 atom stereocenters. The molecule has 1 N–H and O–H groups in total. The second kappa shape index (κ2) is 9.74. The fraction of sp³-hybridized carbons (Fsp3) is 0.200. The van der Waals surface area contributed by atoms with E-state index in [-0.39, 0.29) is 18.4 Å². The van der Waals surface area contributed by atoms with E-state index in [1.54, 1.807) is 29.2 Å². The van der Waals surface area contributed by atoms with Crippen molar-refractivity contribution in [2.45, 2.75) is 20.8 Å². The highest BCUT2D eigenvalue weighted by molar-refractivity contribution is 6.11. The number of benzene rings is 3. The van der Waals surface area contributed by atoms with E-state index in [2.05, 4.69) is 5.32 Å². The maximum atomic E-state index is 13.2. The lowest BCUT2D eigenvalue weighted by Crippen LogP contribution is -2.32. The van der Waals surface area contributed by atoms with Crippen molar-refractivity contribution < 1.29 is 14.3 Å². The minimum absolute atomic E-state index is 0.135. The van der Waals surface area contributed by atoms with Crippen LogP contribution < -0.4 is 15.0 Å². The first-order valence-electron chi connectivity index (χ1n) is 9.96. The Hall–Kier alpha value is -3.60. The molecule has 0 fully saturated rings. The Balaban J connectivity index is 1.75. The molecule has 0 saturated heterocycles. The Labute approximate surface area is 177 Å². The van der Waals surface area contributed by atoms with Crippen LogP contribution in [0.2, 0.25) is 0 Å². The standard InChI is InChI=1S/C25H26N2O3/c1-4-27(20-13-6-5-7-14-20)25(29)21-15-8-9-16-22(21)26-23(28)17-30-24-18(2)11-10-12-19(24)3/h5-16H,4,17H2,1-3H3,(H,26,28). The van der Waals surface area contributed by atoms with Crippen LogP contribution in [-0.4, -0.2) is 25.0 Å². The summed E-state index contributed by atoms with van der Waals surface area (Å²) in [6.45, 7) is 6.18. The van der Waals surface area contributed by atoms with Crippen molar-refractivity contribution in [1.29, 1.82) is 0 Å². The van der Waals surface area contributed by atoms with Crippen LogP contribution >= 0.6 is 0 Å². The molecule has 0 radical (unpaired) electrons. The topological polar surface area (TPSA) is 58.6 Å². The maximum Gasteiger partial charge on any atom is 0.262 e. The fourth-order valence-corrected chi connectivity index (χ4v) is 3.33. The Bertz CT molecular complexity index is 1010. The summed E-state index contributed by atoms with van der Waals surface area (Å²) in [6.07, 6.45) is 0. The highest BCUT2D eigenvalue weighted by Crippen LogP contribution is 2.24. The molecule has 3 aromatic rings. The molecule has 30 heavy (non-hydrogen) atoms. The first-order chi connectivity index (χ1) is 14.5. The average Bonchev–Trinajstić information content (AvgIpc) is 2.75. The molecule has 154 valence electrons. The minimum Gasteiger partial charge on any atom is -0.483 e. The predicted molar refractivity (Wildman–Crippen MR) is 120 cm³/mol. The van der Waals surface area contributed by atoms with Crippen LogP contribution in [0.5, 0.6) is 5.75 Å². The van der Waals surface area contributed by atoms with Crippen molar-refractivity contribution in [1.82, 2.24) is 0 Å². The maximum absolute atomic E-state index is 13.2. The Morgan fingerprint density at radius 2 is 1.50 bits per heavy atom. The molecule has 5 heteroatoms. The number of hydrogen-bond acceptors (Lipinski definition) is 3. The molecule has 0 heterocycles. The average molecular weight is 402 g/mol. The van der Waals surface area contributed by atoms with Crippen LogP contribution in [0.15, 0.2) is 72.8 Å². The van der Waals surface area contributed by atoms with Crippen molar-refractivity contribution in [3.63, 3.8) is 0 Å². The number of rotatable bonds is 7. The highest BCUT2D eigenvalue weighted by Gasteiger charge is 2.20. The summed E-state index contributed by atoms with van der Waals surface area (Å²) in [6, 6.07) is 22.3. The van der Waals surface area contributed by atoms with Gasteiger partial charge >= 0.3 is 0 Å². The SMILES string of the molecule is CCN(C(=O)c1ccccc1NC(=O)COc1c(C)cccc1C)c1ccccc1. The first kappa shape index (κ1) is 21.1. The van der Waals surface area contributed by atoms with Gasteiger partial charge in [0.1, 0.15) is 5.75 Å². The Kier molecular flexibility index (Phi) is 6.86. The zero-order valence-corrected chi connectivity index (χ0v) is 17.5. The number of hydrogen-bond donors (Lipinski definition) is 1. The summed E-state index contributed by atoms with van der Waals surface area (Å²) >= 11 is 0. The number of carbonyl (C=O) groups excluding carboxylic acids is 2. The van der Waals surface area contributed by atoms with Crippen LogP contribution in [0, 0.1) is 13.8 Å². The lowest BCUT2D eigenvalue weighted by molar-refractivity contribution is -0.118. The summed E-state index contributed by atoms with van der Waals surface area (Å²) < 4.78 is 5.73. The molecule has 0 aliphatic carbocycles. The molecular formula is C25H26N2O3. The van der Waals surface area contributed by atoms with Crippen LogP contribution in [0.4, 0.5) is 11.4 Å². The summed E-state index contributed by atoms with van der Waals surface area (Å²) in [5, 5.41) is 2.82. The molecule has 3 rings (SSSR count). The van der Waals surface area contributed by atoms with Crippen LogP contribution in [0.25, 0.3) is 0 Å². The van der Waals surface area contributed by atoms with Crippen molar-refractivity contribution in [3.05, 3.63) is 89.5 Å². The third-order valence-corrected chi connectivity index (χ3v) is 4.82. The second-order valence-corrected chi connectivity index (χ2v) is 6.99. The number of carbonyl (C=O) groups is 2. The van der Waals surface area contributed by atoms with Crippen molar-refractivity contribution >= 4 is 23.2 Å². The summed E-state index contributed by atoms with van der Waals surface area (Å²) in [5.74, 6) is 0.217. The van der Waals surface area contributed by atoms with E-state index >= 15 is 0 Å². The fourth-order valence-electron chi connectivity index (χ4n) is 3.33. The number of nitrogens with zero attached hydrogens (tertiary/aromatic N) is 1. The number of amides is 2. The second-order valence-electron chi connectivity index (χ2n) is 6.99. The van der Waals surface area contributed by atoms with Crippen LogP contribution in [-0.2, 0) is 4.79 Å². The lowest BCUT2D eigenvalue weighted by Gasteiger charge is -2.22. The first-order valence-corrected chi connectivity index (χ1v) is 9.96. The molecule has 0 saturated carbocycles. The zero-order chi connectivity index (χ0) is 21.5. The Morgan fingerprint density at radius 3 is 2.17 bits per heavy atom. The zero-order valence-electron chi connectivity index (χ0n) is 17.5. The molecule has 0 unspecified atom stereocenters. The van der Waals surface area contributed by atoms with E-state index in [1.165, 1.54) is 0 Å². The summed E-state index contributed by atoms with van der Waals surface area (Å²) in [7, 11) is 0. The lowest BCUT2D eigenvalue weighted by atomic mass is 10.1. The van der Waals surface area contributed by atoms with E-state index in [0.717, 1.165) is 16.8 Å². The van der Waals surface area contributed by atoms with Gasteiger partial charge in [0, 0.05) is 12.2 Å². The van der Waals surface area contributed by atoms with E-state index in [1.807, 2.05) is 69.3 Å². The molecule has 2 amide bonds. The van der Waals surface area contributed by atoms with Crippen LogP contribution in [0.1, 0.15) is 28.4 Å². The summed E-state index contributed by atoms with van der Waals surface area (Å²) in [4.78, 5) is 27.4. The molecule has 0 aromatic heterocycles. The van der Waals surface area contributed by atoms with Crippen molar-refractivity contribution in [2.24, 2.45) is 0 Å².